The fourth-order valence-corrected chi connectivity index (χ4v) is 5.76. The fourth-order valence-electron chi connectivity index (χ4n) is 5.76. The molecule has 2 N–H and O–H groups in total. The van der Waals surface area contributed by atoms with Crippen molar-refractivity contribution in [2.24, 2.45) is 5.41 Å². The monoisotopic (exact) mass is 613 g/mol. The molecule has 0 saturated carbocycles. The van der Waals surface area contributed by atoms with E-state index in [0.717, 1.165) is 24.3 Å². The Labute approximate surface area is 253 Å². The molecule has 2 heterocycles. The molecule has 0 radical (unpaired) electrons. The van der Waals surface area contributed by atoms with E-state index in [1.165, 1.54) is 23.8 Å². The van der Waals surface area contributed by atoms with Crippen LogP contribution < -0.4 is 15.4 Å². The van der Waals surface area contributed by atoms with Crippen molar-refractivity contribution < 1.29 is 37.1 Å². The lowest BCUT2D eigenvalue weighted by Gasteiger charge is -2.36. The summed E-state index contributed by atoms with van der Waals surface area (Å²) in [7, 11) is 1.44. The summed E-state index contributed by atoms with van der Waals surface area (Å²) in [6.45, 7) is 7.10. The number of fused-ring (bicyclic) bond motifs is 2. The van der Waals surface area contributed by atoms with Crippen LogP contribution in [0.4, 0.5) is 18.9 Å². The average Bonchev–Trinajstić information content (AvgIpc) is 3.47. The maximum absolute atomic E-state index is 14.2. The molecule has 2 aliphatic rings. The number of likely N-dealkylation sites (N-methyl/N-ethyl adjacent to an activating group) is 1. The minimum atomic E-state index is -4.88. The summed E-state index contributed by atoms with van der Waals surface area (Å²) in [5, 5.41) is 15.4. The summed E-state index contributed by atoms with van der Waals surface area (Å²) in [6.07, 6.45) is -4.55. The lowest BCUT2D eigenvalue weighted by molar-refractivity contribution is -0.274. The van der Waals surface area contributed by atoms with Crippen LogP contribution in [0.2, 0.25) is 0 Å². The van der Waals surface area contributed by atoms with Gasteiger partial charge in [0.2, 0.25) is 17.7 Å². The van der Waals surface area contributed by atoms with Crippen LogP contribution in [0.25, 0.3) is 0 Å². The molecule has 0 aliphatic carbocycles. The molecule has 0 aromatic heterocycles. The Hall–Kier alpha value is -4.60. The molecule has 2 aromatic rings. The Balaban J connectivity index is 1.53. The van der Waals surface area contributed by atoms with Crippen molar-refractivity contribution in [2.75, 3.05) is 18.9 Å². The van der Waals surface area contributed by atoms with Gasteiger partial charge in [-0.25, -0.2) is 0 Å². The second kappa shape index (κ2) is 11.8. The zero-order valence-corrected chi connectivity index (χ0v) is 25.0. The zero-order chi connectivity index (χ0) is 32.6. The van der Waals surface area contributed by atoms with E-state index in [2.05, 4.69) is 21.4 Å². The predicted molar refractivity (Wildman–Crippen MR) is 153 cm³/mol. The van der Waals surface area contributed by atoms with Crippen molar-refractivity contribution in [1.29, 1.82) is 5.26 Å². The van der Waals surface area contributed by atoms with Gasteiger partial charge in [-0.1, -0.05) is 39.0 Å². The lowest BCUT2D eigenvalue weighted by atomic mass is 9.80. The molecule has 234 valence electrons. The van der Waals surface area contributed by atoms with E-state index in [1.807, 2.05) is 20.8 Å². The molecular weight excluding hydrogens is 579 g/mol. The van der Waals surface area contributed by atoms with Crippen LogP contribution in [0, 0.1) is 16.7 Å². The molecule has 10 nitrogen and oxygen atoms in total. The van der Waals surface area contributed by atoms with Crippen molar-refractivity contribution in [3.05, 3.63) is 59.7 Å². The minimum Gasteiger partial charge on any atom is -0.406 e. The summed E-state index contributed by atoms with van der Waals surface area (Å²) in [4.78, 5) is 56.3. The van der Waals surface area contributed by atoms with Crippen molar-refractivity contribution in [1.82, 2.24) is 15.1 Å². The van der Waals surface area contributed by atoms with E-state index in [9.17, 15) is 37.6 Å². The number of nitrogens with one attached hydrogen (secondary N) is 2. The van der Waals surface area contributed by atoms with Gasteiger partial charge in [-0.3, -0.25) is 19.2 Å². The highest BCUT2D eigenvalue weighted by Gasteiger charge is 2.57. The molecular formula is C31H34F3N5O5. The Bertz CT molecular complexity index is 1500. The molecule has 0 bridgehead atoms. The Morgan fingerprint density at radius 3 is 2.39 bits per heavy atom. The smallest absolute Gasteiger partial charge is 0.406 e. The van der Waals surface area contributed by atoms with Gasteiger partial charge < -0.3 is 25.2 Å². The number of ether oxygens (including phenoxy) is 1. The van der Waals surface area contributed by atoms with Gasteiger partial charge in [-0.05, 0) is 54.7 Å². The van der Waals surface area contributed by atoms with Crippen LogP contribution in [-0.2, 0) is 19.8 Å². The van der Waals surface area contributed by atoms with E-state index in [1.54, 1.807) is 24.3 Å². The number of carbonyl (C=O) groups is 4. The van der Waals surface area contributed by atoms with Crippen LogP contribution in [0.3, 0.4) is 0 Å². The highest BCUT2D eigenvalue weighted by molar-refractivity contribution is 6.07. The van der Waals surface area contributed by atoms with Crippen LogP contribution in [0.15, 0.2) is 48.5 Å². The van der Waals surface area contributed by atoms with Crippen molar-refractivity contribution in [3.63, 3.8) is 0 Å². The number of carbonyl (C=O) groups excluding carboxylic acids is 4. The first-order chi connectivity index (χ1) is 20.5. The van der Waals surface area contributed by atoms with Gasteiger partial charge >= 0.3 is 6.36 Å². The zero-order valence-electron chi connectivity index (χ0n) is 25.0. The number of anilines is 1. The molecule has 1 fully saturated rings. The van der Waals surface area contributed by atoms with Crippen molar-refractivity contribution >= 4 is 29.3 Å². The SMILES string of the molecule is C[C@H](NC(=O)c1ccc(OC(F)(F)F)cc1)C(=O)N(C)[C@@H](CC(C)(C)C)C(=O)N1C[C@]2(C[C@H]1C#N)C(=O)Nc1ccccc12. The number of amides is 4. The third-order valence-corrected chi connectivity index (χ3v) is 7.89. The summed E-state index contributed by atoms with van der Waals surface area (Å²) in [5.41, 5.74) is -0.179. The fraction of sp³-hybridized carbons (Fsp3) is 0.452. The third-order valence-electron chi connectivity index (χ3n) is 7.89. The van der Waals surface area contributed by atoms with Gasteiger partial charge in [0.15, 0.2) is 0 Å². The first-order valence-electron chi connectivity index (χ1n) is 14.0. The van der Waals surface area contributed by atoms with Crippen LogP contribution in [0.1, 0.15) is 56.5 Å². The second-order valence-corrected chi connectivity index (χ2v) is 12.4. The quantitative estimate of drug-likeness (QED) is 0.486. The number of nitrogens with zero attached hydrogens (tertiary/aromatic N) is 3. The van der Waals surface area contributed by atoms with E-state index in [-0.39, 0.29) is 30.9 Å². The number of likely N-dealkylation sites (tertiary alicyclic amines) is 1. The number of hydrogen-bond acceptors (Lipinski definition) is 6. The summed E-state index contributed by atoms with van der Waals surface area (Å²) in [5.74, 6) is -2.59. The minimum absolute atomic E-state index is 0.00139. The van der Waals surface area contributed by atoms with E-state index in [0.29, 0.717) is 11.3 Å². The number of rotatable bonds is 7. The molecule has 2 aliphatic heterocycles. The number of halogens is 3. The molecule has 4 rings (SSSR count). The molecule has 1 saturated heterocycles. The molecule has 4 amide bonds. The normalized spacial score (nSPS) is 20.8. The number of nitriles is 1. The summed E-state index contributed by atoms with van der Waals surface area (Å²) < 4.78 is 41.2. The second-order valence-electron chi connectivity index (χ2n) is 12.4. The maximum Gasteiger partial charge on any atom is 0.573 e. The topological polar surface area (TPSA) is 132 Å². The van der Waals surface area contributed by atoms with Gasteiger partial charge in [-0.2, -0.15) is 5.26 Å². The average molecular weight is 614 g/mol. The van der Waals surface area contributed by atoms with Gasteiger partial charge in [0, 0.05) is 31.3 Å². The van der Waals surface area contributed by atoms with Gasteiger partial charge in [0.1, 0.15) is 23.9 Å². The van der Waals surface area contributed by atoms with E-state index >= 15 is 0 Å². The lowest BCUT2D eigenvalue weighted by Crippen LogP contribution is -2.56. The highest BCUT2D eigenvalue weighted by atomic mass is 19.4. The molecule has 4 atom stereocenters. The van der Waals surface area contributed by atoms with Crippen LogP contribution in [-0.4, -0.2) is 71.5 Å². The van der Waals surface area contributed by atoms with Gasteiger partial charge in [0.25, 0.3) is 5.91 Å². The van der Waals surface area contributed by atoms with Gasteiger partial charge in [0.05, 0.1) is 11.5 Å². The van der Waals surface area contributed by atoms with E-state index < -0.39 is 58.8 Å². The predicted octanol–water partition coefficient (Wildman–Crippen LogP) is 3.98. The van der Waals surface area contributed by atoms with Gasteiger partial charge in [-0.15, -0.1) is 13.2 Å². The standard InChI is InChI=1S/C31H34F3N5O5/c1-18(36-25(40)19-10-12-21(13-11-19)44-31(32,33)34)26(41)38(5)24(15-29(2,3)4)27(42)39-17-30(14-20(39)16-35)22-8-6-7-9-23(22)37-28(30)43/h6-13,18,20,24H,14-15,17H2,1-5H3,(H,36,40)(H,37,43)/t18-,20-,24-,30-/m0/s1. The molecule has 44 heavy (non-hydrogen) atoms. The first kappa shape index (κ1) is 32.3. The Morgan fingerprint density at radius 2 is 1.80 bits per heavy atom. The number of hydrogen-bond donors (Lipinski definition) is 2. The van der Waals surface area contributed by atoms with Crippen molar-refractivity contribution in [3.8, 4) is 11.8 Å². The highest BCUT2D eigenvalue weighted by Crippen LogP contribution is 2.46. The van der Waals surface area contributed by atoms with Crippen LogP contribution >= 0.6 is 0 Å². The largest absolute Gasteiger partial charge is 0.573 e. The molecule has 0 unspecified atom stereocenters. The number of para-hydroxylation sites is 1. The summed E-state index contributed by atoms with van der Waals surface area (Å²) in [6, 6.07) is 10.5. The number of alkyl halides is 3. The molecule has 2 aromatic carbocycles. The third kappa shape index (κ3) is 6.64. The van der Waals surface area contributed by atoms with Crippen molar-refractivity contribution in [2.45, 2.75) is 70.4 Å². The Kier molecular flexibility index (Phi) is 8.68. The molecule has 13 heteroatoms. The molecule has 1 spiro atoms. The Morgan fingerprint density at radius 1 is 1.16 bits per heavy atom. The summed E-state index contributed by atoms with van der Waals surface area (Å²) >= 11 is 0. The first-order valence-corrected chi connectivity index (χ1v) is 14.0. The van der Waals surface area contributed by atoms with Crippen LogP contribution in [0.5, 0.6) is 5.75 Å². The van der Waals surface area contributed by atoms with E-state index in [4.69, 9.17) is 0 Å². The number of benzene rings is 2. The maximum atomic E-state index is 14.2.